The Balaban J connectivity index is 2.12. The van der Waals surface area contributed by atoms with E-state index < -0.39 is 21.4 Å². The van der Waals surface area contributed by atoms with Crippen molar-refractivity contribution in [2.45, 2.75) is 19.3 Å². The molecule has 1 aromatic carbocycles. The van der Waals surface area contributed by atoms with Crippen LogP contribution in [0.4, 0.5) is 5.69 Å². The lowest BCUT2D eigenvalue weighted by Crippen LogP contribution is -2.16. The molecule has 1 aliphatic rings. The van der Waals surface area contributed by atoms with Crippen molar-refractivity contribution in [1.82, 2.24) is 9.78 Å². The Labute approximate surface area is 157 Å². The van der Waals surface area contributed by atoms with E-state index in [1.807, 2.05) is 0 Å². The Morgan fingerprint density at radius 2 is 2.00 bits per heavy atom. The van der Waals surface area contributed by atoms with Gasteiger partial charge in [0.05, 0.1) is 33.6 Å². The molecule has 0 atom stereocenters. The van der Waals surface area contributed by atoms with Crippen LogP contribution in [0.1, 0.15) is 35.2 Å². The number of carbonyl (C=O) groups is 1. The Kier molecular flexibility index (Phi) is 5.24. The number of carbonyl (C=O) groups excluding carboxylic acids is 1. The molecule has 0 bridgehead atoms. The summed E-state index contributed by atoms with van der Waals surface area (Å²) < 4.78 is 23.7. The van der Waals surface area contributed by atoms with Gasteiger partial charge in [-0.3, -0.25) is 9.48 Å². The number of ether oxygens (including phenoxy) is 1. The quantitative estimate of drug-likeness (QED) is 0.740. The molecule has 2 aromatic rings. The third-order valence-electron chi connectivity index (χ3n) is 4.36. The summed E-state index contributed by atoms with van der Waals surface area (Å²) in [6.45, 7) is 0. The highest BCUT2D eigenvalue weighted by molar-refractivity contribution is 7.93. The lowest BCUT2D eigenvalue weighted by molar-refractivity contribution is -0.279. The minimum absolute atomic E-state index is 0.0332. The lowest BCUT2D eigenvalue weighted by Gasteiger charge is -2.17. The fourth-order valence-corrected chi connectivity index (χ4v) is 5.44. The first-order chi connectivity index (χ1) is 12.4. The standard InChI is InChI=1S/C17H20ClN3O4S/c1-21-17(23)12(10-19-21)16(22)11-6-7-13(25-2)15(14(11)18)20-26(24)8-4-3-5-9-26/h6-7,10,23H,3-5,8-9H2,1-2H3/p-1. The fraction of sp³-hybridized carbons (Fsp3) is 0.412. The average molecular weight is 397 g/mol. The molecule has 0 radical (unpaired) electrons. The summed E-state index contributed by atoms with van der Waals surface area (Å²) in [6.07, 6.45) is 3.93. The SMILES string of the molecule is COc1ccc(C(=O)c2cnn(C)c2[O-])c(Cl)c1N=S1(=O)CCCCC1. The lowest BCUT2D eigenvalue weighted by atomic mass is 10.0. The molecule has 1 aromatic heterocycles. The van der Waals surface area contributed by atoms with Crippen LogP contribution in [-0.2, 0) is 16.8 Å². The maximum Gasteiger partial charge on any atom is 0.197 e. The van der Waals surface area contributed by atoms with Crippen LogP contribution >= 0.6 is 11.6 Å². The van der Waals surface area contributed by atoms with Crippen molar-refractivity contribution in [2.24, 2.45) is 11.4 Å². The predicted octanol–water partition coefficient (Wildman–Crippen LogP) is 2.67. The molecule has 2 heterocycles. The molecule has 0 saturated carbocycles. The van der Waals surface area contributed by atoms with Crippen molar-refractivity contribution in [1.29, 1.82) is 0 Å². The summed E-state index contributed by atoms with van der Waals surface area (Å²) in [5, 5.41) is 15.8. The second-order valence-corrected chi connectivity index (χ2v) is 9.05. The van der Waals surface area contributed by atoms with Gasteiger partial charge in [-0.15, -0.1) is 0 Å². The van der Waals surface area contributed by atoms with Gasteiger partial charge in [-0.05, 0) is 30.9 Å². The maximum atomic E-state index is 13.0. The van der Waals surface area contributed by atoms with Crippen LogP contribution in [0.15, 0.2) is 22.7 Å². The summed E-state index contributed by atoms with van der Waals surface area (Å²) in [4.78, 5) is 12.7. The smallest absolute Gasteiger partial charge is 0.197 e. The van der Waals surface area contributed by atoms with Gasteiger partial charge in [-0.25, -0.2) is 4.21 Å². The van der Waals surface area contributed by atoms with Crippen LogP contribution in [-0.4, -0.2) is 38.4 Å². The number of halogens is 1. The molecule has 1 saturated heterocycles. The van der Waals surface area contributed by atoms with E-state index in [0.717, 1.165) is 23.9 Å². The van der Waals surface area contributed by atoms with Crippen LogP contribution in [0.2, 0.25) is 5.02 Å². The van der Waals surface area contributed by atoms with Crippen LogP contribution in [0.5, 0.6) is 11.6 Å². The van der Waals surface area contributed by atoms with Crippen LogP contribution < -0.4 is 9.84 Å². The van der Waals surface area contributed by atoms with Gasteiger partial charge in [0.1, 0.15) is 11.4 Å². The molecule has 7 nitrogen and oxygen atoms in total. The highest BCUT2D eigenvalue weighted by Gasteiger charge is 2.23. The van der Waals surface area contributed by atoms with E-state index in [1.165, 1.54) is 26.4 Å². The van der Waals surface area contributed by atoms with Crippen molar-refractivity contribution in [2.75, 3.05) is 18.6 Å². The first-order valence-electron chi connectivity index (χ1n) is 8.19. The van der Waals surface area contributed by atoms with Gasteiger partial charge < -0.3 is 9.84 Å². The highest BCUT2D eigenvalue weighted by atomic mass is 35.5. The van der Waals surface area contributed by atoms with E-state index in [9.17, 15) is 14.1 Å². The molecule has 3 rings (SSSR count). The van der Waals surface area contributed by atoms with E-state index in [4.69, 9.17) is 16.3 Å². The largest absolute Gasteiger partial charge is 0.858 e. The number of nitrogens with zero attached hydrogens (tertiary/aromatic N) is 3. The summed E-state index contributed by atoms with van der Waals surface area (Å²) in [5.74, 6) is 0.286. The number of methoxy groups -OCH3 is 1. The third kappa shape index (κ3) is 3.43. The van der Waals surface area contributed by atoms with Crippen LogP contribution in [0.25, 0.3) is 0 Å². The molecular formula is C17H19ClN3O4S-. The molecule has 26 heavy (non-hydrogen) atoms. The number of rotatable bonds is 4. The minimum atomic E-state index is -2.44. The molecule has 0 aliphatic carbocycles. The number of benzene rings is 1. The number of aryl methyl sites for hydroxylation is 1. The Morgan fingerprint density at radius 1 is 1.31 bits per heavy atom. The summed E-state index contributed by atoms with van der Waals surface area (Å²) >= 11 is 6.43. The van der Waals surface area contributed by atoms with E-state index in [2.05, 4.69) is 9.46 Å². The molecule has 1 aliphatic heterocycles. The number of hydrogen-bond acceptors (Lipinski definition) is 6. The van der Waals surface area contributed by atoms with Gasteiger partial charge in [0.25, 0.3) is 0 Å². The minimum Gasteiger partial charge on any atom is -0.858 e. The molecule has 1 fully saturated rings. The first kappa shape index (κ1) is 18.7. The second-order valence-electron chi connectivity index (χ2n) is 6.13. The number of hydrogen-bond donors (Lipinski definition) is 0. The highest BCUT2D eigenvalue weighted by Crippen LogP contribution is 2.40. The van der Waals surface area contributed by atoms with Gasteiger partial charge in [0.2, 0.25) is 0 Å². The van der Waals surface area contributed by atoms with Crippen LogP contribution in [0, 0.1) is 0 Å². The zero-order chi connectivity index (χ0) is 18.9. The topological polar surface area (TPSA) is 96.6 Å². The maximum absolute atomic E-state index is 13.0. The molecule has 0 spiro atoms. The van der Waals surface area contributed by atoms with Crippen molar-refractivity contribution in [3.8, 4) is 11.6 Å². The Bertz CT molecular complexity index is 965. The number of ketones is 1. The summed E-state index contributed by atoms with van der Waals surface area (Å²) in [7, 11) is 0.478. The Morgan fingerprint density at radius 3 is 2.58 bits per heavy atom. The van der Waals surface area contributed by atoms with Gasteiger partial charge in [-0.1, -0.05) is 18.0 Å². The number of aromatic nitrogens is 2. The monoisotopic (exact) mass is 396 g/mol. The van der Waals surface area contributed by atoms with Crippen molar-refractivity contribution < 1.29 is 18.8 Å². The molecule has 140 valence electrons. The average Bonchev–Trinajstić information content (AvgIpc) is 2.96. The van der Waals surface area contributed by atoms with Crippen LogP contribution in [0.3, 0.4) is 0 Å². The molecule has 0 unspecified atom stereocenters. The van der Waals surface area contributed by atoms with E-state index in [-0.39, 0.29) is 21.8 Å². The second kappa shape index (κ2) is 7.28. The van der Waals surface area contributed by atoms with Gasteiger partial charge in [-0.2, -0.15) is 9.46 Å². The normalized spacial score (nSPS) is 16.3. The molecule has 9 heteroatoms. The zero-order valence-electron chi connectivity index (χ0n) is 14.5. The molecule has 0 N–H and O–H groups in total. The van der Waals surface area contributed by atoms with E-state index in [0.29, 0.717) is 17.3 Å². The van der Waals surface area contributed by atoms with Gasteiger partial charge >= 0.3 is 0 Å². The predicted molar refractivity (Wildman–Crippen MR) is 97.9 cm³/mol. The van der Waals surface area contributed by atoms with E-state index in [1.54, 1.807) is 6.07 Å². The third-order valence-corrected chi connectivity index (χ3v) is 7.11. The van der Waals surface area contributed by atoms with Gasteiger partial charge in [0, 0.05) is 24.1 Å². The van der Waals surface area contributed by atoms with Gasteiger partial charge in [0.15, 0.2) is 5.78 Å². The van der Waals surface area contributed by atoms with E-state index >= 15 is 0 Å². The molecular weight excluding hydrogens is 378 g/mol. The van der Waals surface area contributed by atoms with Crippen molar-refractivity contribution >= 4 is 32.8 Å². The first-order valence-corrected chi connectivity index (χ1v) is 10.4. The fourth-order valence-electron chi connectivity index (χ4n) is 2.89. The van der Waals surface area contributed by atoms with Crippen molar-refractivity contribution in [3.05, 3.63) is 34.5 Å². The summed E-state index contributed by atoms with van der Waals surface area (Å²) in [6, 6.07) is 3.02. The van der Waals surface area contributed by atoms with Crippen molar-refractivity contribution in [3.63, 3.8) is 0 Å². The summed E-state index contributed by atoms with van der Waals surface area (Å²) in [5.41, 5.74) is 0.228. The molecule has 0 amide bonds. The zero-order valence-corrected chi connectivity index (χ0v) is 16.1. The Hall–Kier alpha value is -2.06.